The molecule has 0 aromatic carbocycles. The molecule has 0 bridgehead atoms. The first-order valence-corrected chi connectivity index (χ1v) is 21.0. The molecule has 0 aromatic heterocycles. The van der Waals surface area contributed by atoms with E-state index in [0.717, 1.165) is 51.4 Å². The number of carbonyl (C=O) groups excluding carboxylic acids is 1. The molecule has 4 aliphatic carbocycles. The lowest BCUT2D eigenvalue weighted by molar-refractivity contribution is -0.243. The average molecular weight is 733 g/mol. The predicted octanol–water partition coefficient (Wildman–Crippen LogP) is 6.53. The molecule has 2 heterocycles. The summed E-state index contributed by atoms with van der Waals surface area (Å²) >= 11 is 0. The van der Waals surface area contributed by atoms with Crippen LogP contribution in [0.5, 0.6) is 0 Å². The van der Waals surface area contributed by atoms with Crippen LogP contribution in [0.4, 0.5) is 0 Å². The fourth-order valence-corrected chi connectivity index (χ4v) is 13.3. The van der Waals surface area contributed by atoms with E-state index in [1.807, 2.05) is 0 Å². The largest absolute Gasteiger partial charge is 0.457 e. The van der Waals surface area contributed by atoms with Crippen LogP contribution in [0.25, 0.3) is 0 Å². The van der Waals surface area contributed by atoms with E-state index >= 15 is 0 Å². The summed E-state index contributed by atoms with van der Waals surface area (Å²) in [5, 5.41) is 22.6. The van der Waals surface area contributed by atoms with Gasteiger partial charge in [0, 0.05) is 46.8 Å². The van der Waals surface area contributed by atoms with E-state index in [2.05, 4.69) is 58.4 Å². The minimum Gasteiger partial charge on any atom is -0.457 e. The number of esters is 1. The monoisotopic (exact) mass is 733 g/mol. The van der Waals surface area contributed by atoms with E-state index in [4.69, 9.17) is 18.9 Å². The van der Waals surface area contributed by atoms with Gasteiger partial charge in [-0.2, -0.15) is 0 Å². The van der Waals surface area contributed by atoms with Gasteiger partial charge in [0.25, 0.3) is 0 Å². The highest BCUT2D eigenvalue weighted by Crippen LogP contribution is 2.82. The SMILES string of the molecule is COC(C[C@@H](C)[C@H]1C[C@H](O)C(C)(C)[C@]1(C)CC[C@]12CCC[C@H]3C(C)(C)[C@@H](O[C@H]4CN(CC5CN(C)C5)CCO4)CC[C@@]31C2)[C@H](OC(C)=O)C(C)(C)O. The van der Waals surface area contributed by atoms with Gasteiger partial charge in [0.1, 0.15) is 0 Å². The summed E-state index contributed by atoms with van der Waals surface area (Å²) in [6.07, 6.45) is 9.83. The standard InChI is InChI=1S/C43H76N2O7/c1-28(21-32(49-11)37(40(7,8)48)51-29(2)46)31-22-34(47)39(5,6)41(31,9)17-18-42-15-12-13-33-38(3,4)35(14-16-43(33,42)27-42)52-36-26-45(19-20-50-36)25-30-23-44(10)24-30/h28,30-37,47-48H,12-27H2,1-11H3/t28-,31-,32?,33+,34+,35+,36+,37+,41-,42+,43-/m1/s1. The van der Waals surface area contributed by atoms with Crippen LogP contribution < -0.4 is 0 Å². The maximum absolute atomic E-state index is 12.0. The van der Waals surface area contributed by atoms with Crippen molar-refractivity contribution >= 4 is 5.97 Å². The normalized spacial score (nSPS) is 41.0. The summed E-state index contributed by atoms with van der Waals surface area (Å²) in [4.78, 5) is 17.0. The summed E-state index contributed by atoms with van der Waals surface area (Å²) in [6.45, 7) is 25.3. The highest BCUT2D eigenvalue weighted by molar-refractivity contribution is 5.66. The molecular formula is C43H76N2O7. The summed E-state index contributed by atoms with van der Waals surface area (Å²) in [5.74, 6) is 1.50. The Morgan fingerprint density at radius 3 is 2.40 bits per heavy atom. The molecule has 11 atom stereocenters. The number of nitrogens with zero attached hydrogens (tertiary/aromatic N) is 2. The number of methoxy groups -OCH3 is 1. The molecule has 52 heavy (non-hydrogen) atoms. The number of aliphatic hydroxyl groups excluding tert-OH is 1. The van der Waals surface area contributed by atoms with Gasteiger partial charge >= 0.3 is 5.97 Å². The highest BCUT2D eigenvalue weighted by atomic mass is 16.7. The van der Waals surface area contributed by atoms with Crippen molar-refractivity contribution in [1.29, 1.82) is 0 Å². The van der Waals surface area contributed by atoms with Crippen molar-refractivity contribution in [3.63, 3.8) is 0 Å². The van der Waals surface area contributed by atoms with Crippen LogP contribution in [-0.4, -0.2) is 116 Å². The quantitative estimate of drug-likeness (QED) is 0.193. The molecule has 2 aliphatic heterocycles. The van der Waals surface area contributed by atoms with E-state index in [9.17, 15) is 15.0 Å². The van der Waals surface area contributed by atoms with Crippen LogP contribution >= 0.6 is 0 Å². The molecule has 6 aliphatic rings. The summed E-state index contributed by atoms with van der Waals surface area (Å²) in [5.41, 5.74) is -0.677. The van der Waals surface area contributed by atoms with Gasteiger partial charge in [-0.1, -0.05) is 48.0 Å². The summed E-state index contributed by atoms with van der Waals surface area (Å²) in [7, 11) is 3.85. The van der Waals surface area contributed by atoms with Gasteiger partial charge in [-0.05, 0) is 129 Å². The van der Waals surface area contributed by atoms with E-state index in [0.29, 0.717) is 23.2 Å². The third kappa shape index (κ3) is 7.29. The Morgan fingerprint density at radius 2 is 1.77 bits per heavy atom. The lowest BCUT2D eigenvalue weighted by Crippen LogP contribution is -2.55. The van der Waals surface area contributed by atoms with Crippen LogP contribution in [0.3, 0.4) is 0 Å². The zero-order chi connectivity index (χ0) is 38.1. The minimum atomic E-state index is -1.24. The third-order valence-electron chi connectivity index (χ3n) is 16.7. The lowest BCUT2D eigenvalue weighted by atomic mass is 9.52. The molecule has 300 valence electrons. The number of rotatable bonds is 14. The maximum Gasteiger partial charge on any atom is 0.303 e. The summed E-state index contributed by atoms with van der Waals surface area (Å²) in [6, 6.07) is 0. The number of ether oxygens (including phenoxy) is 4. The molecule has 1 spiro atoms. The van der Waals surface area contributed by atoms with Crippen molar-refractivity contribution in [3.8, 4) is 0 Å². The second-order valence-corrected chi connectivity index (χ2v) is 20.9. The molecular weight excluding hydrogens is 656 g/mol. The van der Waals surface area contributed by atoms with Crippen LogP contribution in [0, 0.1) is 50.7 Å². The Balaban J connectivity index is 1.12. The molecule has 0 aromatic rings. The molecule has 6 rings (SSSR count). The second kappa shape index (κ2) is 14.6. The average Bonchev–Trinajstić information content (AvgIpc) is 3.68. The molecule has 6 fully saturated rings. The van der Waals surface area contributed by atoms with Gasteiger partial charge in [-0.25, -0.2) is 0 Å². The van der Waals surface area contributed by atoms with Crippen molar-refractivity contribution in [2.24, 2.45) is 50.7 Å². The molecule has 9 nitrogen and oxygen atoms in total. The van der Waals surface area contributed by atoms with Gasteiger partial charge in [0.15, 0.2) is 12.4 Å². The first-order chi connectivity index (χ1) is 24.2. The summed E-state index contributed by atoms with van der Waals surface area (Å²) < 4.78 is 24.8. The Bertz CT molecular complexity index is 1260. The smallest absolute Gasteiger partial charge is 0.303 e. The number of carbonyl (C=O) groups is 1. The highest BCUT2D eigenvalue weighted by Gasteiger charge is 2.75. The predicted molar refractivity (Wildman–Crippen MR) is 204 cm³/mol. The van der Waals surface area contributed by atoms with E-state index in [1.54, 1.807) is 21.0 Å². The van der Waals surface area contributed by atoms with Crippen LogP contribution in [-0.2, 0) is 23.7 Å². The van der Waals surface area contributed by atoms with Crippen molar-refractivity contribution in [2.45, 2.75) is 163 Å². The molecule has 0 radical (unpaired) electrons. The number of hydrogen-bond donors (Lipinski definition) is 2. The minimum absolute atomic E-state index is 0.0732. The van der Waals surface area contributed by atoms with Crippen molar-refractivity contribution in [2.75, 3.05) is 53.5 Å². The topological polar surface area (TPSA) is 101 Å². The zero-order valence-corrected chi connectivity index (χ0v) is 34.8. The van der Waals surface area contributed by atoms with Crippen molar-refractivity contribution < 1.29 is 34.0 Å². The van der Waals surface area contributed by atoms with Gasteiger partial charge < -0.3 is 34.1 Å². The number of hydrogen-bond acceptors (Lipinski definition) is 9. The fraction of sp³-hybridized carbons (Fsp3) is 0.977. The molecule has 1 unspecified atom stereocenters. The molecule has 4 saturated carbocycles. The Morgan fingerprint density at radius 1 is 1.06 bits per heavy atom. The lowest BCUT2D eigenvalue weighted by Gasteiger charge is -2.55. The Hall–Kier alpha value is -0.810. The Labute approximate surface area is 316 Å². The first-order valence-electron chi connectivity index (χ1n) is 21.0. The van der Waals surface area contributed by atoms with Crippen molar-refractivity contribution in [3.05, 3.63) is 0 Å². The molecule has 9 heteroatoms. The molecule has 2 N–H and O–H groups in total. The van der Waals surface area contributed by atoms with E-state index in [-0.39, 0.29) is 46.6 Å². The number of morpholine rings is 1. The van der Waals surface area contributed by atoms with Crippen LogP contribution in [0.15, 0.2) is 0 Å². The second-order valence-electron chi connectivity index (χ2n) is 20.9. The Kier molecular flexibility index (Phi) is 11.5. The van der Waals surface area contributed by atoms with Gasteiger partial charge in [-0.15, -0.1) is 0 Å². The third-order valence-corrected chi connectivity index (χ3v) is 16.7. The van der Waals surface area contributed by atoms with Gasteiger partial charge in [0.05, 0.1) is 30.5 Å². The fourth-order valence-electron chi connectivity index (χ4n) is 13.3. The van der Waals surface area contributed by atoms with Crippen LogP contribution in [0.1, 0.15) is 127 Å². The van der Waals surface area contributed by atoms with E-state index in [1.165, 1.54) is 58.5 Å². The molecule has 0 amide bonds. The maximum atomic E-state index is 12.0. The first kappa shape index (κ1) is 40.8. The zero-order valence-electron chi connectivity index (χ0n) is 34.8. The van der Waals surface area contributed by atoms with Gasteiger partial charge in [-0.3, -0.25) is 9.69 Å². The number of likely N-dealkylation sites (tertiary alicyclic amines) is 1. The molecule has 2 saturated heterocycles. The van der Waals surface area contributed by atoms with Crippen LogP contribution in [0.2, 0.25) is 0 Å². The van der Waals surface area contributed by atoms with Gasteiger partial charge in [0.2, 0.25) is 0 Å². The van der Waals surface area contributed by atoms with Crippen molar-refractivity contribution in [1.82, 2.24) is 9.80 Å². The van der Waals surface area contributed by atoms with E-state index < -0.39 is 23.8 Å². The number of aliphatic hydroxyl groups is 2.